The Morgan fingerprint density at radius 3 is 2.47 bits per heavy atom. The molecule has 0 unspecified atom stereocenters. The van der Waals surface area contributed by atoms with Crippen LogP contribution in [0.2, 0.25) is 0 Å². The Bertz CT molecular complexity index is 1150. The lowest BCUT2D eigenvalue weighted by Crippen LogP contribution is -2.22. The Kier molecular flexibility index (Phi) is 6.42. The van der Waals surface area contributed by atoms with Crippen LogP contribution in [-0.4, -0.2) is 49.4 Å². The third kappa shape index (κ3) is 4.31. The summed E-state index contributed by atoms with van der Waals surface area (Å²) >= 11 is 0. The second-order valence-corrected chi connectivity index (χ2v) is 9.19. The van der Waals surface area contributed by atoms with Gasteiger partial charge in [-0.15, -0.1) is 0 Å². The van der Waals surface area contributed by atoms with Gasteiger partial charge in [-0.2, -0.15) is 0 Å². The molecule has 1 aromatic heterocycles. The summed E-state index contributed by atoms with van der Waals surface area (Å²) in [6, 6.07) is 12.0. The number of esters is 1. The molecule has 0 saturated heterocycles. The molecular weight excluding hydrogens is 404 g/mol. The summed E-state index contributed by atoms with van der Waals surface area (Å²) in [5, 5.41) is 3.31. The highest BCUT2D eigenvalue weighted by atomic mass is 32.2. The summed E-state index contributed by atoms with van der Waals surface area (Å²) in [5.41, 5.74) is 2.86. The number of nitrogens with one attached hydrogen (secondary N) is 1. The van der Waals surface area contributed by atoms with Gasteiger partial charge >= 0.3 is 5.97 Å². The number of fused-ring (bicyclic) bond motifs is 1. The van der Waals surface area contributed by atoms with Crippen LogP contribution in [0.3, 0.4) is 0 Å². The third-order valence-electron chi connectivity index (χ3n) is 4.78. The Labute approximate surface area is 176 Å². The van der Waals surface area contributed by atoms with Crippen LogP contribution in [0.25, 0.3) is 11.0 Å². The number of hydrogen-bond donors (Lipinski definition) is 1. The van der Waals surface area contributed by atoms with Crippen molar-refractivity contribution in [3.63, 3.8) is 0 Å². The molecule has 0 spiro atoms. The third-order valence-corrected chi connectivity index (χ3v) is 6.59. The van der Waals surface area contributed by atoms with Crippen LogP contribution < -0.4 is 5.32 Å². The number of aromatic nitrogens is 2. The second-order valence-electron chi connectivity index (χ2n) is 7.04. The molecule has 0 bridgehead atoms. The molecule has 8 nitrogen and oxygen atoms in total. The summed E-state index contributed by atoms with van der Waals surface area (Å²) < 4.78 is 32.9. The lowest BCUT2D eigenvalue weighted by Gasteiger charge is -2.12. The number of benzene rings is 2. The predicted molar refractivity (Wildman–Crippen MR) is 116 cm³/mol. The van der Waals surface area contributed by atoms with Crippen LogP contribution in [-0.2, 0) is 27.8 Å². The molecule has 0 saturated carbocycles. The molecular formula is C21H26N4O4S. The molecule has 0 aliphatic carbocycles. The topological polar surface area (TPSA) is 93.5 Å². The van der Waals surface area contributed by atoms with Gasteiger partial charge in [-0.3, -0.25) is 0 Å². The number of nitrogens with zero attached hydrogens (tertiary/aromatic N) is 3. The van der Waals surface area contributed by atoms with Gasteiger partial charge in [-0.05, 0) is 48.9 Å². The minimum atomic E-state index is -3.52. The lowest BCUT2D eigenvalue weighted by molar-refractivity contribution is 0.0600. The number of sulfonamides is 1. The highest BCUT2D eigenvalue weighted by Crippen LogP contribution is 2.23. The number of carbonyl (C=O) groups is 1. The average molecular weight is 431 g/mol. The van der Waals surface area contributed by atoms with Gasteiger partial charge in [0.1, 0.15) is 5.82 Å². The average Bonchev–Trinajstić information content (AvgIpc) is 3.09. The van der Waals surface area contributed by atoms with Crippen molar-refractivity contribution in [2.24, 2.45) is 0 Å². The minimum Gasteiger partial charge on any atom is -0.465 e. The molecule has 160 valence electrons. The number of aryl methyl sites for hydroxylation is 1. The van der Waals surface area contributed by atoms with E-state index in [0.29, 0.717) is 17.6 Å². The molecule has 0 amide bonds. The maximum Gasteiger partial charge on any atom is 0.337 e. The van der Waals surface area contributed by atoms with Crippen molar-refractivity contribution in [3.05, 3.63) is 53.9 Å². The number of methoxy groups -OCH3 is 1. The Balaban J connectivity index is 1.89. The van der Waals surface area contributed by atoms with Crippen molar-refractivity contribution in [3.8, 4) is 0 Å². The van der Waals surface area contributed by atoms with Crippen LogP contribution in [0.15, 0.2) is 47.4 Å². The minimum absolute atomic E-state index is 0.221. The number of carbonyl (C=O) groups excluding carboxylic acids is 1. The van der Waals surface area contributed by atoms with Gasteiger partial charge in [0, 0.05) is 26.3 Å². The van der Waals surface area contributed by atoms with Crippen LogP contribution in [0.4, 0.5) is 5.69 Å². The summed E-state index contributed by atoms with van der Waals surface area (Å²) in [5.74, 6) is 0.429. The van der Waals surface area contributed by atoms with E-state index in [0.717, 1.165) is 30.0 Å². The van der Waals surface area contributed by atoms with E-state index in [-0.39, 0.29) is 10.9 Å². The van der Waals surface area contributed by atoms with Crippen LogP contribution in [0, 0.1) is 0 Å². The van der Waals surface area contributed by atoms with Crippen molar-refractivity contribution in [2.45, 2.75) is 31.3 Å². The first-order valence-corrected chi connectivity index (χ1v) is 11.1. The molecule has 0 aliphatic rings. The van der Waals surface area contributed by atoms with Gasteiger partial charge in [0.15, 0.2) is 0 Å². The van der Waals surface area contributed by atoms with E-state index < -0.39 is 10.0 Å². The SMILES string of the molecule is CCCn1c(CNc2ccc(C(=O)OC)cc2)nc2cc(S(=O)(=O)N(C)C)ccc21. The highest BCUT2D eigenvalue weighted by Gasteiger charge is 2.19. The van der Waals surface area contributed by atoms with Crippen molar-refractivity contribution < 1.29 is 17.9 Å². The maximum absolute atomic E-state index is 12.4. The van der Waals surface area contributed by atoms with Gasteiger partial charge < -0.3 is 14.6 Å². The molecule has 0 radical (unpaired) electrons. The first-order valence-electron chi connectivity index (χ1n) is 9.62. The molecule has 0 atom stereocenters. The lowest BCUT2D eigenvalue weighted by atomic mass is 10.2. The first-order chi connectivity index (χ1) is 14.3. The fraction of sp³-hybridized carbons (Fsp3) is 0.333. The zero-order chi connectivity index (χ0) is 21.9. The van der Waals surface area contributed by atoms with Crippen molar-refractivity contribution >= 4 is 32.7 Å². The molecule has 0 fully saturated rings. The van der Waals surface area contributed by atoms with E-state index in [4.69, 9.17) is 4.74 Å². The van der Waals surface area contributed by atoms with Gasteiger partial charge in [-0.1, -0.05) is 6.92 Å². The van der Waals surface area contributed by atoms with Gasteiger partial charge in [0.2, 0.25) is 10.0 Å². The van der Waals surface area contributed by atoms with E-state index in [1.807, 2.05) is 6.07 Å². The molecule has 3 rings (SSSR count). The summed E-state index contributed by atoms with van der Waals surface area (Å²) in [6.07, 6.45) is 0.921. The summed E-state index contributed by atoms with van der Waals surface area (Å²) in [7, 11) is 0.847. The molecule has 0 aliphatic heterocycles. The van der Waals surface area contributed by atoms with Gasteiger partial charge in [-0.25, -0.2) is 22.5 Å². The summed E-state index contributed by atoms with van der Waals surface area (Å²) in [6.45, 7) is 3.32. The zero-order valence-electron chi connectivity index (χ0n) is 17.5. The van der Waals surface area contributed by atoms with Crippen LogP contribution in [0.1, 0.15) is 29.5 Å². The largest absolute Gasteiger partial charge is 0.465 e. The zero-order valence-corrected chi connectivity index (χ0v) is 18.4. The monoisotopic (exact) mass is 430 g/mol. The molecule has 1 N–H and O–H groups in total. The van der Waals surface area contributed by atoms with Crippen LogP contribution >= 0.6 is 0 Å². The Morgan fingerprint density at radius 1 is 1.17 bits per heavy atom. The quantitative estimate of drug-likeness (QED) is 0.552. The van der Waals surface area contributed by atoms with E-state index in [9.17, 15) is 13.2 Å². The fourth-order valence-corrected chi connectivity index (χ4v) is 4.08. The predicted octanol–water partition coefficient (Wildman–Crippen LogP) is 3.10. The van der Waals surface area contributed by atoms with Crippen LogP contribution in [0.5, 0.6) is 0 Å². The van der Waals surface area contributed by atoms with E-state index in [1.54, 1.807) is 36.4 Å². The normalized spacial score (nSPS) is 11.8. The van der Waals surface area contributed by atoms with Crippen molar-refractivity contribution in [1.82, 2.24) is 13.9 Å². The van der Waals surface area contributed by atoms with E-state index >= 15 is 0 Å². The Hall–Kier alpha value is -2.91. The molecule has 1 heterocycles. The standard InChI is InChI=1S/C21H26N4O4S/c1-5-12-25-19-11-10-17(30(27,28)24(2)3)13-18(19)23-20(25)14-22-16-8-6-15(7-9-16)21(26)29-4/h6-11,13,22H,5,12,14H2,1-4H3. The van der Waals surface area contributed by atoms with E-state index in [2.05, 4.69) is 21.8 Å². The number of anilines is 1. The van der Waals surface area contributed by atoms with Crippen molar-refractivity contribution in [1.29, 1.82) is 0 Å². The Morgan fingerprint density at radius 2 is 1.87 bits per heavy atom. The van der Waals surface area contributed by atoms with Gasteiger partial charge in [0.25, 0.3) is 0 Å². The molecule has 9 heteroatoms. The smallest absolute Gasteiger partial charge is 0.337 e. The van der Waals surface area contributed by atoms with Gasteiger partial charge in [0.05, 0.1) is 35.1 Å². The molecule has 30 heavy (non-hydrogen) atoms. The highest BCUT2D eigenvalue weighted by molar-refractivity contribution is 7.89. The number of rotatable bonds is 8. The fourth-order valence-electron chi connectivity index (χ4n) is 3.16. The second kappa shape index (κ2) is 8.85. The van der Waals surface area contributed by atoms with Crippen molar-refractivity contribution in [2.75, 3.05) is 26.5 Å². The van der Waals surface area contributed by atoms with E-state index in [1.165, 1.54) is 25.5 Å². The summed E-state index contributed by atoms with van der Waals surface area (Å²) in [4.78, 5) is 16.5. The molecule has 3 aromatic rings. The number of ether oxygens (including phenoxy) is 1. The number of hydrogen-bond acceptors (Lipinski definition) is 6. The number of imidazole rings is 1. The first kappa shape index (κ1) is 21.8. The maximum atomic E-state index is 12.4. The molecule has 2 aromatic carbocycles.